The monoisotopic (exact) mass is 402 g/mol. The lowest BCUT2D eigenvalue weighted by atomic mass is 9.41. The molecule has 162 valence electrons. The van der Waals surface area contributed by atoms with Crippen LogP contribution in [0.4, 0.5) is 0 Å². The van der Waals surface area contributed by atoms with Gasteiger partial charge in [-0.05, 0) is 79.4 Å². The smallest absolute Gasteiger partial charge is 0.335 e. The largest absolute Gasteiger partial charge is 0.478 e. The summed E-state index contributed by atoms with van der Waals surface area (Å²) in [4.78, 5) is 24.7. The Morgan fingerprint density at radius 2 is 1.83 bits per heavy atom. The summed E-state index contributed by atoms with van der Waals surface area (Å²) in [6.45, 7) is 10.9. The number of fused-ring (bicyclic) bond motifs is 3. The first-order valence-corrected chi connectivity index (χ1v) is 11.7. The van der Waals surface area contributed by atoms with Gasteiger partial charge < -0.3 is 9.84 Å². The van der Waals surface area contributed by atoms with Gasteiger partial charge in [0.15, 0.2) is 0 Å². The third-order valence-corrected chi connectivity index (χ3v) is 9.53. The number of aliphatic carboxylic acids is 1. The van der Waals surface area contributed by atoms with Crippen LogP contribution in [-0.4, -0.2) is 17.0 Å². The van der Waals surface area contributed by atoms with E-state index in [1.165, 1.54) is 32.1 Å². The average molecular weight is 403 g/mol. The Hall–Kier alpha value is -1.32. The van der Waals surface area contributed by atoms with Crippen LogP contribution in [0.1, 0.15) is 92.4 Å². The van der Waals surface area contributed by atoms with E-state index in [-0.39, 0.29) is 11.4 Å². The first-order chi connectivity index (χ1) is 13.5. The van der Waals surface area contributed by atoms with Crippen LogP contribution >= 0.6 is 0 Å². The van der Waals surface area contributed by atoms with Crippen LogP contribution in [0.25, 0.3) is 0 Å². The number of ether oxygens (including phenoxy) is 1. The third-order valence-electron chi connectivity index (χ3n) is 9.53. The number of hydrogen-bond donors (Lipinski definition) is 1. The Morgan fingerprint density at radius 3 is 2.48 bits per heavy atom. The summed E-state index contributed by atoms with van der Waals surface area (Å²) in [7, 11) is 0. The molecule has 1 N–H and O–H groups in total. The van der Waals surface area contributed by atoms with E-state index in [0.717, 1.165) is 18.3 Å². The van der Waals surface area contributed by atoms with Crippen LogP contribution in [0, 0.1) is 39.9 Å². The van der Waals surface area contributed by atoms with Crippen LogP contribution in [0.5, 0.6) is 0 Å². The van der Waals surface area contributed by atoms with Gasteiger partial charge in [-0.15, -0.1) is 0 Å². The molecule has 3 saturated carbocycles. The van der Waals surface area contributed by atoms with Crippen molar-refractivity contribution in [3.8, 4) is 0 Å². The molecular formula is C25H38O4. The molecule has 2 bridgehead atoms. The number of hydrogen-bond acceptors (Lipinski definition) is 3. The number of carboxylic acids is 1. The molecule has 1 spiro atoms. The maximum absolute atomic E-state index is 12.4. The van der Waals surface area contributed by atoms with Crippen molar-refractivity contribution in [2.45, 2.75) is 92.4 Å². The van der Waals surface area contributed by atoms with E-state index in [9.17, 15) is 14.7 Å². The van der Waals surface area contributed by atoms with Crippen molar-refractivity contribution in [2.75, 3.05) is 0 Å². The first-order valence-electron chi connectivity index (χ1n) is 11.7. The minimum atomic E-state index is -0.921. The fourth-order valence-electron chi connectivity index (χ4n) is 8.66. The summed E-state index contributed by atoms with van der Waals surface area (Å²) in [6, 6.07) is 0. The number of carboxylic acid groups (broad SMARTS) is 1. The van der Waals surface area contributed by atoms with Crippen LogP contribution in [0.2, 0.25) is 0 Å². The number of rotatable bonds is 4. The molecule has 4 aliphatic rings. The van der Waals surface area contributed by atoms with Gasteiger partial charge in [0.05, 0.1) is 5.57 Å². The molecular weight excluding hydrogens is 364 g/mol. The van der Waals surface area contributed by atoms with Crippen molar-refractivity contribution in [3.63, 3.8) is 0 Å². The molecule has 0 saturated heterocycles. The minimum absolute atomic E-state index is 0.00242. The average Bonchev–Trinajstić information content (AvgIpc) is 2.82. The van der Waals surface area contributed by atoms with Crippen molar-refractivity contribution in [2.24, 2.45) is 39.9 Å². The van der Waals surface area contributed by atoms with Gasteiger partial charge in [0.1, 0.15) is 5.76 Å². The van der Waals surface area contributed by atoms with Crippen molar-refractivity contribution >= 4 is 11.9 Å². The van der Waals surface area contributed by atoms with Gasteiger partial charge in [0.2, 0.25) is 0 Å². The van der Waals surface area contributed by atoms with Gasteiger partial charge >= 0.3 is 11.9 Å². The predicted molar refractivity (Wildman–Crippen MR) is 112 cm³/mol. The molecule has 0 aromatic carbocycles. The van der Waals surface area contributed by atoms with Crippen molar-refractivity contribution < 1.29 is 19.4 Å². The van der Waals surface area contributed by atoms with Crippen LogP contribution in [-0.2, 0) is 14.3 Å². The van der Waals surface area contributed by atoms with Crippen molar-refractivity contribution in [3.05, 3.63) is 11.3 Å². The number of esters is 1. The summed E-state index contributed by atoms with van der Waals surface area (Å²) < 4.78 is 5.79. The Bertz CT molecular complexity index is 746. The Balaban J connectivity index is 1.77. The van der Waals surface area contributed by atoms with E-state index in [1.807, 2.05) is 6.92 Å². The first kappa shape index (κ1) is 20.9. The summed E-state index contributed by atoms with van der Waals surface area (Å²) in [6.07, 6.45) is 9.20. The molecule has 29 heavy (non-hydrogen) atoms. The maximum Gasteiger partial charge on any atom is 0.335 e. The zero-order chi connectivity index (χ0) is 21.2. The van der Waals surface area contributed by atoms with Gasteiger partial charge in [-0.1, -0.05) is 34.6 Å². The lowest BCUT2D eigenvalue weighted by Gasteiger charge is -2.63. The standard InChI is InChI=1S/C25H38O4/c1-6-7-20(26)29-17-14-24(5)18(23(3,4)21(17)22(27)28)10-11-25-12-15(2)16(13-25)8-9-19(24)25/h15-16,18-19H,6-14H2,1-5H3,(H,27,28)/t15-,16-,18+,19-,24+,25+/m1/s1. The minimum Gasteiger partial charge on any atom is -0.478 e. The highest BCUT2D eigenvalue weighted by Gasteiger charge is 2.65. The zero-order valence-corrected chi connectivity index (χ0v) is 18.8. The van der Waals surface area contributed by atoms with Crippen molar-refractivity contribution in [1.29, 1.82) is 0 Å². The predicted octanol–water partition coefficient (Wildman–Crippen LogP) is 5.96. The second kappa shape index (κ2) is 6.85. The third kappa shape index (κ3) is 2.99. The molecule has 4 nitrogen and oxygen atoms in total. The SMILES string of the molecule is CCCC(=O)OC1=C(C(=O)O)C(C)(C)[C@@H]2CC[C@]34C[C@@H](CC[C@@H]3[C@@]2(C)C1)[C@H](C)C4. The molecule has 4 heteroatoms. The molecule has 0 aromatic rings. The molecule has 3 fully saturated rings. The Morgan fingerprint density at radius 1 is 1.10 bits per heavy atom. The molecule has 0 amide bonds. The molecule has 0 unspecified atom stereocenters. The highest BCUT2D eigenvalue weighted by Crippen LogP contribution is 2.72. The molecule has 4 rings (SSSR count). The lowest BCUT2D eigenvalue weighted by Crippen LogP contribution is -2.57. The van der Waals surface area contributed by atoms with E-state index in [0.29, 0.717) is 47.8 Å². The summed E-state index contributed by atoms with van der Waals surface area (Å²) in [5, 5.41) is 10.1. The van der Waals surface area contributed by atoms with Crippen LogP contribution in [0.15, 0.2) is 11.3 Å². The van der Waals surface area contributed by atoms with Crippen LogP contribution < -0.4 is 0 Å². The van der Waals surface area contributed by atoms with E-state index in [4.69, 9.17) is 4.74 Å². The summed E-state index contributed by atoms with van der Waals surface area (Å²) in [5.41, 5.74) is 0.262. The number of allylic oxidation sites excluding steroid dienone is 1. The van der Waals surface area contributed by atoms with Gasteiger partial charge in [0.25, 0.3) is 0 Å². The second-order valence-electron chi connectivity index (χ2n) is 11.5. The Kier molecular flexibility index (Phi) is 4.94. The van der Waals surface area contributed by atoms with E-state index in [2.05, 4.69) is 27.7 Å². The summed E-state index contributed by atoms with van der Waals surface area (Å²) in [5.74, 6) is 1.84. The van der Waals surface area contributed by atoms with E-state index in [1.54, 1.807) is 0 Å². The maximum atomic E-state index is 12.4. The van der Waals surface area contributed by atoms with Gasteiger partial charge in [-0.3, -0.25) is 4.79 Å². The molecule has 0 aromatic heterocycles. The summed E-state index contributed by atoms with van der Waals surface area (Å²) >= 11 is 0. The Labute approximate surface area is 175 Å². The lowest BCUT2D eigenvalue weighted by molar-refractivity contribution is -0.152. The molecule has 6 atom stereocenters. The molecule has 0 radical (unpaired) electrons. The second-order valence-corrected chi connectivity index (χ2v) is 11.5. The van der Waals surface area contributed by atoms with Gasteiger partial charge in [0, 0.05) is 18.3 Å². The highest BCUT2D eigenvalue weighted by molar-refractivity contribution is 5.90. The molecule has 0 heterocycles. The van der Waals surface area contributed by atoms with E-state index < -0.39 is 11.4 Å². The molecule has 0 aliphatic heterocycles. The fraction of sp³-hybridized carbons (Fsp3) is 0.840. The van der Waals surface area contributed by atoms with Crippen LogP contribution in [0.3, 0.4) is 0 Å². The molecule has 4 aliphatic carbocycles. The highest BCUT2D eigenvalue weighted by atomic mass is 16.5. The number of carbonyl (C=O) groups excluding carboxylic acids is 1. The normalized spacial score (nSPS) is 42.8. The van der Waals surface area contributed by atoms with E-state index >= 15 is 0 Å². The zero-order valence-electron chi connectivity index (χ0n) is 18.8. The van der Waals surface area contributed by atoms with Gasteiger partial charge in [-0.2, -0.15) is 0 Å². The fourth-order valence-corrected chi connectivity index (χ4v) is 8.66. The van der Waals surface area contributed by atoms with Crippen molar-refractivity contribution in [1.82, 2.24) is 0 Å². The quantitative estimate of drug-likeness (QED) is 0.590. The van der Waals surface area contributed by atoms with Gasteiger partial charge in [-0.25, -0.2) is 4.79 Å². The number of carbonyl (C=O) groups is 2. The topological polar surface area (TPSA) is 63.6 Å².